The second kappa shape index (κ2) is 7.48. The number of hydrogen-bond acceptors (Lipinski definition) is 3. The van der Waals surface area contributed by atoms with Gasteiger partial charge in [0.2, 0.25) is 0 Å². The maximum absolute atomic E-state index is 11.5. The maximum Gasteiger partial charge on any atom is 0.310 e. The predicted molar refractivity (Wildman–Crippen MR) is 82.3 cm³/mol. The Kier molecular flexibility index (Phi) is 5.38. The van der Waals surface area contributed by atoms with E-state index in [1.807, 2.05) is 48.5 Å². The fourth-order valence-electron chi connectivity index (χ4n) is 2.06. The molecule has 2 aromatic rings. The summed E-state index contributed by atoms with van der Waals surface area (Å²) in [5.41, 5.74) is 3.14. The highest BCUT2D eigenvalue weighted by Gasteiger charge is 2.10. The molecule has 0 aliphatic heterocycles. The first-order valence-electron chi connectivity index (χ1n) is 7.08. The Bertz CT molecular complexity index is 591. The lowest BCUT2D eigenvalue weighted by molar-refractivity contribution is -0.139. The van der Waals surface area contributed by atoms with Crippen LogP contribution in [0.4, 0.5) is 0 Å². The summed E-state index contributed by atoms with van der Waals surface area (Å²) in [5.74, 6) is 0.493. The van der Waals surface area contributed by atoms with Crippen molar-refractivity contribution >= 4 is 5.97 Å². The average molecular weight is 284 g/mol. The van der Waals surface area contributed by atoms with Gasteiger partial charge in [-0.2, -0.15) is 0 Å². The van der Waals surface area contributed by atoms with Crippen molar-refractivity contribution in [2.75, 3.05) is 7.11 Å². The van der Waals surface area contributed by atoms with Gasteiger partial charge in [0.15, 0.2) is 0 Å². The lowest BCUT2D eigenvalue weighted by atomic mass is 10.1. The van der Waals surface area contributed by atoms with Gasteiger partial charge in [-0.15, -0.1) is 0 Å². The minimum absolute atomic E-state index is 0.227. The van der Waals surface area contributed by atoms with Crippen LogP contribution in [-0.4, -0.2) is 13.1 Å². The lowest BCUT2D eigenvalue weighted by Crippen LogP contribution is -2.07. The number of carbonyl (C=O) groups is 1. The van der Waals surface area contributed by atoms with Gasteiger partial charge in [-0.3, -0.25) is 4.79 Å². The fourth-order valence-corrected chi connectivity index (χ4v) is 2.06. The molecule has 110 valence electrons. The van der Waals surface area contributed by atoms with Crippen LogP contribution in [0.25, 0.3) is 0 Å². The van der Waals surface area contributed by atoms with E-state index in [2.05, 4.69) is 6.92 Å². The summed E-state index contributed by atoms with van der Waals surface area (Å²) in [6.45, 7) is 2.58. The molecular weight excluding hydrogens is 264 g/mol. The van der Waals surface area contributed by atoms with Crippen molar-refractivity contribution in [1.29, 1.82) is 0 Å². The zero-order valence-corrected chi connectivity index (χ0v) is 12.5. The predicted octanol–water partition coefficient (Wildman–Crippen LogP) is 3.54. The van der Waals surface area contributed by atoms with E-state index in [4.69, 9.17) is 9.47 Å². The van der Waals surface area contributed by atoms with Crippen molar-refractivity contribution in [3.8, 4) is 5.75 Å². The van der Waals surface area contributed by atoms with Gasteiger partial charge in [0, 0.05) is 5.56 Å². The minimum atomic E-state index is -0.260. The molecule has 21 heavy (non-hydrogen) atoms. The molecule has 0 aliphatic carbocycles. The van der Waals surface area contributed by atoms with Gasteiger partial charge >= 0.3 is 5.97 Å². The smallest absolute Gasteiger partial charge is 0.310 e. The summed E-state index contributed by atoms with van der Waals surface area (Å²) in [7, 11) is 1.40. The highest BCUT2D eigenvalue weighted by Crippen LogP contribution is 2.23. The summed E-state index contributed by atoms with van der Waals surface area (Å²) in [5, 5.41) is 0. The quantitative estimate of drug-likeness (QED) is 0.761. The van der Waals surface area contributed by atoms with E-state index < -0.39 is 0 Å². The summed E-state index contributed by atoms with van der Waals surface area (Å²) in [4.78, 5) is 11.5. The van der Waals surface area contributed by atoms with Crippen LogP contribution in [0.15, 0.2) is 48.5 Å². The third-order valence-electron chi connectivity index (χ3n) is 3.34. The number of ether oxygens (including phenoxy) is 2. The zero-order valence-electron chi connectivity index (χ0n) is 12.5. The SMILES string of the molecule is CCc1ccc(CC(=O)OC)c(OCc2ccccc2)c1. The molecule has 0 aliphatic rings. The van der Waals surface area contributed by atoms with Gasteiger partial charge in [0.25, 0.3) is 0 Å². The molecule has 0 atom stereocenters. The van der Waals surface area contributed by atoms with Crippen molar-refractivity contribution in [2.45, 2.75) is 26.4 Å². The van der Waals surface area contributed by atoms with E-state index in [0.717, 1.165) is 23.3 Å². The van der Waals surface area contributed by atoms with Gasteiger partial charge in [-0.25, -0.2) is 0 Å². The molecule has 0 amide bonds. The number of esters is 1. The van der Waals surface area contributed by atoms with Crippen molar-refractivity contribution in [1.82, 2.24) is 0 Å². The van der Waals surface area contributed by atoms with Crippen LogP contribution in [-0.2, 0) is 29.0 Å². The van der Waals surface area contributed by atoms with E-state index in [1.165, 1.54) is 12.7 Å². The Labute approximate surface area is 125 Å². The molecule has 0 saturated carbocycles. The molecule has 0 bridgehead atoms. The lowest BCUT2D eigenvalue weighted by Gasteiger charge is -2.12. The first-order chi connectivity index (χ1) is 10.2. The first kappa shape index (κ1) is 15.1. The topological polar surface area (TPSA) is 35.5 Å². The summed E-state index contributed by atoms with van der Waals surface area (Å²) >= 11 is 0. The molecule has 3 heteroatoms. The summed E-state index contributed by atoms with van der Waals surface area (Å²) in [6, 6.07) is 15.9. The summed E-state index contributed by atoms with van der Waals surface area (Å²) < 4.78 is 10.6. The van der Waals surface area contributed by atoms with Crippen LogP contribution in [0.5, 0.6) is 5.75 Å². The number of benzene rings is 2. The number of hydrogen-bond donors (Lipinski definition) is 0. The molecular formula is C18H20O3. The average Bonchev–Trinajstić information content (AvgIpc) is 2.54. The first-order valence-corrected chi connectivity index (χ1v) is 7.08. The van der Waals surface area contributed by atoms with E-state index in [9.17, 15) is 4.79 Å². The Morgan fingerprint density at radius 3 is 2.48 bits per heavy atom. The molecule has 0 unspecified atom stereocenters. The normalized spacial score (nSPS) is 10.2. The van der Waals surface area contributed by atoms with Crippen molar-refractivity contribution in [3.63, 3.8) is 0 Å². The molecule has 0 N–H and O–H groups in total. The molecule has 2 rings (SSSR count). The Hall–Kier alpha value is -2.29. The van der Waals surface area contributed by atoms with Crippen molar-refractivity contribution in [2.24, 2.45) is 0 Å². The molecule has 0 aromatic heterocycles. The fraction of sp³-hybridized carbons (Fsp3) is 0.278. The van der Waals surface area contributed by atoms with Crippen LogP contribution in [0.3, 0.4) is 0 Å². The Morgan fingerprint density at radius 2 is 1.81 bits per heavy atom. The number of aryl methyl sites for hydroxylation is 1. The third-order valence-corrected chi connectivity index (χ3v) is 3.34. The van der Waals surface area contributed by atoms with Gasteiger partial charge in [-0.1, -0.05) is 49.4 Å². The van der Waals surface area contributed by atoms with Crippen LogP contribution < -0.4 is 4.74 Å². The van der Waals surface area contributed by atoms with Gasteiger partial charge in [0.1, 0.15) is 12.4 Å². The zero-order chi connectivity index (χ0) is 15.1. The van der Waals surface area contributed by atoms with Crippen LogP contribution in [0, 0.1) is 0 Å². The largest absolute Gasteiger partial charge is 0.489 e. The Morgan fingerprint density at radius 1 is 1.05 bits per heavy atom. The molecule has 3 nitrogen and oxygen atoms in total. The third kappa shape index (κ3) is 4.35. The van der Waals surface area contributed by atoms with E-state index in [-0.39, 0.29) is 12.4 Å². The van der Waals surface area contributed by atoms with Crippen LogP contribution in [0.1, 0.15) is 23.6 Å². The van der Waals surface area contributed by atoms with Crippen LogP contribution >= 0.6 is 0 Å². The van der Waals surface area contributed by atoms with Crippen molar-refractivity contribution in [3.05, 3.63) is 65.2 Å². The Balaban J connectivity index is 2.16. The second-order valence-corrected chi connectivity index (χ2v) is 4.82. The van der Waals surface area contributed by atoms with Gasteiger partial charge in [-0.05, 0) is 23.6 Å². The van der Waals surface area contributed by atoms with Gasteiger partial charge < -0.3 is 9.47 Å². The molecule has 0 spiro atoms. The number of rotatable bonds is 6. The standard InChI is InChI=1S/C18H20O3/c1-3-14-9-10-16(12-18(19)20-2)17(11-14)21-13-15-7-5-4-6-8-15/h4-11H,3,12-13H2,1-2H3. The van der Waals surface area contributed by atoms with E-state index in [0.29, 0.717) is 6.61 Å². The monoisotopic (exact) mass is 284 g/mol. The molecule has 0 fully saturated rings. The molecule has 0 heterocycles. The maximum atomic E-state index is 11.5. The second-order valence-electron chi connectivity index (χ2n) is 4.82. The molecule has 2 aromatic carbocycles. The van der Waals surface area contributed by atoms with Gasteiger partial charge in [0.05, 0.1) is 13.5 Å². The summed E-state index contributed by atoms with van der Waals surface area (Å²) in [6.07, 6.45) is 1.16. The molecule has 0 radical (unpaired) electrons. The minimum Gasteiger partial charge on any atom is -0.489 e. The molecule has 0 saturated heterocycles. The van der Waals surface area contributed by atoms with E-state index in [1.54, 1.807) is 0 Å². The van der Waals surface area contributed by atoms with Crippen molar-refractivity contribution < 1.29 is 14.3 Å². The number of carbonyl (C=O) groups excluding carboxylic acids is 1. The van der Waals surface area contributed by atoms with Crippen LogP contribution in [0.2, 0.25) is 0 Å². The highest BCUT2D eigenvalue weighted by molar-refractivity contribution is 5.73. The van der Waals surface area contributed by atoms with E-state index >= 15 is 0 Å². The number of methoxy groups -OCH3 is 1. The highest BCUT2D eigenvalue weighted by atomic mass is 16.5.